The molecule has 0 saturated carbocycles. The molecule has 1 rings (SSSR count). The molecule has 0 aromatic rings. The number of rotatable bonds is 6. The second kappa shape index (κ2) is 7.59. The minimum absolute atomic E-state index is 0.0355. The van der Waals surface area contributed by atoms with Crippen molar-refractivity contribution in [1.82, 2.24) is 15.1 Å². The van der Waals surface area contributed by atoms with E-state index >= 15 is 0 Å². The van der Waals surface area contributed by atoms with E-state index in [0.29, 0.717) is 26.3 Å². The van der Waals surface area contributed by atoms with Crippen molar-refractivity contribution in [2.45, 2.75) is 32.7 Å². The van der Waals surface area contributed by atoms with Crippen molar-refractivity contribution in [3.8, 4) is 0 Å². The van der Waals surface area contributed by atoms with E-state index in [4.69, 9.17) is 4.74 Å². The molecule has 116 valence electrons. The SMILES string of the molecule is CCCNC(=O)CN(C)C(=O)CN1CCOCC1(C)C. The summed E-state index contributed by atoms with van der Waals surface area (Å²) in [4.78, 5) is 27.4. The normalized spacial score (nSPS) is 18.6. The van der Waals surface area contributed by atoms with Gasteiger partial charge >= 0.3 is 0 Å². The molecule has 6 nitrogen and oxygen atoms in total. The summed E-state index contributed by atoms with van der Waals surface area (Å²) in [5.74, 6) is -0.143. The third kappa shape index (κ3) is 5.09. The van der Waals surface area contributed by atoms with Crippen LogP contribution < -0.4 is 5.32 Å². The number of amides is 2. The number of hydrogen-bond acceptors (Lipinski definition) is 4. The fraction of sp³-hybridized carbons (Fsp3) is 0.857. The van der Waals surface area contributed by atoms with Crippen LogP contribution in [0.4, 0.5) is 0 Å². The van der Waals surface area contributed by atoms with Gasteiger partial charge in [0.05, 0.1) is 26.3 Å². The number of carbonyl (C=O) groups is 2. The van der Waals surface area contributed by atoms with Gasteiger partial charge in [-0.15, -0.1) is 0 Å². The molecule has 0 unspecified atom stereocenters. The molecule has 2 amide bonds. The lowest BCUT2D eigenvalue weighted by Crippen LogP contribution is -2.56. The van der Waals surface area contributed by atoms with Crippen molar-refractivity contribution in [3.63, 3.8) is 0 Å². The molecule has 0 aromatic carbocycles. The Bertz CT molecular complexity index is 345. The summed E-state index contributed by atoms with van der Waals surface area (Å²) in [6.45, 7) is 9.23. The van der Waals surface area contributed by atoms with Gasteiger partial charge in [0.2, 0.25) is 11.8 Å². The van der Waals surface area contributed by atoms with Gasteiger partial charge in [0, 0.05) is 25.7 Å². The van der Waals surface area contributed by atoms with Gasteiger partial charge < -0.3 is 15.0 Å². The van der Waals surface area contributed by atoms with Crippen LogP contribution in [0.2, 0.25) is 0 Å². The van der Waals surface area contributed by atoms with Gasteiger partial charge in [-0.2, -0.15) is 0 Å². The van der Waals surface area contributed by atoms with Gasteiger partial charge in [0.1, 0.15) is 0 Å². The predicted octanol–water partition coefficient (Wildman–Crippen LogP) is 0.0818. The third-order valence-corrected chi connectivity index (χ3v) is 3.52. The zero-order chi connectivity index (χ0) is 15.2. The fourth-order valence-electron chi connectivity index (χ4n) is 2.09. The van der Waals surface area contributed by atoms with Gasteiger partial charge in [-0.1, -0.05) is 6.92 Å². The summed E-state index contributed by atoms with van der Waals surface area (Å²) in [7, 11) is 1.67. The highest BCUT2D eigenvalue weighted by Crippen LogP contribution is 2.18. The Morgan fingerprint density at radius 3 is 2.70 bits per heavy atom. The Labute approximate surface area is 121 Å². The standard InChI is InChI=1S/C14H27N3O3/c1-5-6-15-12(18)9-16(4)13(19)10-17-7-8-20-11-14(17,2)3/h5-11H2,1-4H3,(H,15,18). The number of nitrogens with one attached hydrogen (secondary N) is 1. The number of hydrogen-bond donors (Lipinski definition) is 1. The predicted molar refractivity (Wildman–Crippen MR) is 77.4 cm³/mol. The lowest BCUT2D eigenvalue weighted by molar-refractivity contribution is -0.139. The summed E-state index contributed by atoms with van der Waals surface area (Å²) >= 11 is 0. The minimum Gasteiger partial charge on any atom is -0.378 e. The molecule has 0 radical (unpaired) electrons. The Morgan fingerprint density at radius 1 is 1.40 bits per heavy atom. The van der Waals surface area contributed by atoms with Gasteiger partial charge in [-0.3, -0.25) is 14.5 Å². The molecular formula is C14H27N3O3. The zero-order valence-corrected chi connectivity index (χ0v) is 13.1. The van der Waals surface area contributed by atoms with Crippen LogP contribution in [0.1, 0.15) is 27.2 Å². The van der Waals surface area contributed by atoms with Crippen LogP contribution in [-0.4, -0.2) is 73.6 Å². The summed E-state index contributed by atoms with van der Waals surface area (Å²) in [6, 6.07) is 0. The Hall–Kier alpha value is -1.14. The maximum Gasteiger partial charge on any atom is 0.239 e. The number of nitrogens with zero attached hydrogens (tertiary/aromatic N) is 2. The lowest BCUT2D eigenvalue weighted by atomic mass is 10.0. The number of morpholine rings is 1. The highest BCUT2D eigenvalue weighted by Gasteiger charge is 2.32. The van der Waals surface area contributed by atoms with Crippen LogP contribution in [0, 0.1) is 0 Å². The first-order valence-corrected chi connectivity index (χ1v) is 7.20. The summed E-state index contributed by atoms with van der Waals surface area (Å²) in [5.41, 5.74) is -0.140. The van der Waals surface area contributed by atoms with E-state index in [1.54, 1.807) is 7.05 Å². The van der Waals surface area contributed by atoms with Crippen molar-refractivity contribution in [3.05, 3.63) is 0 Å². The van der Waals surface area contributed by atoms with E-state index < -0.39 is 0 Å². The molecule has 20 heavy (non-hydrogen) atoms. The quantitative estimate of drug-likeness (QED) is 0.751. The molecule has 0 bridgehead atoms. The number of ether oxygens (including phenoxy) is 1. The van der Waals surface area contributed by atoms with Crippen LogP contribution in [0.15, 0.2) is 0 Å². The van der Waals surface area contributed by atoms with Crippen molar-refractivity contribution >= 4 is 11.8 Å². The highest BCUT2D eigenvalue weighted by molar-refractivity contribution is 5.85. The Morgan fingerprint density at radius 2 is 2.10 bits per heavy atom. The topological polar surface area (TPSA) is 61.9 Å². The van der Waals surface area contributed by atoms with E-state index in [0.717, 1.165) is 13.0 Å². The van der Waals surface area contributed by atoms with E-state index in [9.17, 15) is 9.59 Å². The molecule has 0 aliphatic carbocycles. The third-order valence-electron chi connectivity index (χ3n) is 3.52. The highest BCUT2D eigenvalue weighted by atomic mass is 16.5. The van der Waals surface area contributed by atoms with E-state index in [-0.39, 0.29) is 23.9 Å². The van der Waals surface area contributed by atoms with Gasteiger partial charge in [0.25, 0.3) is 0 Å². The van der Waals surface area contributed by atoms with Crippen molar-refractivity contribution < 1.29 is 14.3 Å². The number of carbonyl (C=O) groups excluding carboxylic acids is 2. The molecule has 0 atom stereocenters. The second-order valence-electron chi connectivity index (χ2n) is 5.89. The molecule has 1 N–H and O–H groups in total. The van der Waals surface area contributed by atoms with Crippen LogP contribution in [-0.2, 0) is 14.3 Å². The average Bonchev–Trinajstić information content (AvgIpc) is 2.38. The Kier molecular flexibility index (Phi) is 6.42. The monoisotopic (exact) mass is 285 g/mol. The van der Waals surface area contributed by atoms with Crippen LogP contribution >= 0.6 is 0 Å². The minimum atomic E-state index is -0.140. The first-order valence-electron chi connectivity index (χ1n) is 7.20. The fourth-order valence-corrected chi connectivity index (χ4v) is 2.09. The summed E-state index contributed by atoms with van der Waals surface area (Å²) in [5, 5.41) is 2.77. The Balaban J connectivity index is 2.42. The second-order valence-corrected chi connectivity index (χ2v) is 5.89. The van der Waals surface area contributed by atoms with Crippen molar-refractivity contribution in [1.29, 1.82) is 0 Å². The molecule has 0 aromatic heterocycles. The van der Waals surface area contributed by atoms with Crippen molar-refractivity contribution in [2.75, 3.05) is 46.4 Å². The van der Waals surface area contributed by atoms with Crippen LogP contribution in [0.3, 0.4) is 0 Å². The molecule has 6 heteroatoms. The molecule has 1 fully saturated rings. The maximum atomic E-state index is 12.2. The van der Waals surface area contributed by atoms with Crippen LogP contribution in [0.5, 0.6) is 0 Å². The van der Waals surface area contributed by atoms with Gasteiger partial charge in [-0.25, -0.2) is 0 Å². The first kappa shape index (κ1) is 16.9. The smallest absolute Gasteiger partial charge is 0.239 e. The summed E-state index contributed by atoms with van der Waals surface area (Å²) in [6.07, 6.45) is 0.894. The molecule has 0 spiro atoms. The van der Waals surface area contributed by atoms with E-state index in [1.807, 2.05) is 6.92 Å². The van der Waals surface area contributed by atoms with E-state index in [1.165, 1.54) is 4.90 Å². The lowest BCUT2D eigenvalue weighted by Gasteiger charge is -2.42. The van der Waals surface area contributed by atoms with Crippen LogP contribution in [0.25, 0.3) is 0 Å². The summed E-state index contributed by atoms with van der Waals surface area (Å²) < 4.78 is 5.44. The first-order chi connectivity index (χ1) is 9.36. The average molecular weight is 285 g/mol. The largest absolute Gasteiger partial charge is 0.378 e. The zero-order valence-electron chi connectivity index (χ0n) is 13.1. The molecule has 1 aliphatic rings. The maximum absolute atomic E-state index is 12.2. The van der Waals surface area contributed by atoms with Gasteiger partial charge in [0.15, 0.2) is 0 Å². The molecular weight excluding hydrogens is 258 g/mol. The molecule has 1 heterocycles. The molecule has 1 aliphatic heterocycles. The number of likely N-dealkylation sites (N-methyl/N-ethyl adjacent to an activating group) is 1. The van der Waals surface area contributed by atoms with Crippen molar-refractivity contribution in [2.24, 2.45) is 0 Å². The van der Waals surface area contributed by atoms with E-state index in [2.05, 4.69) is 24.1 Å². The van der Waals surface area contributed by atoms with Gasteiger partial charge in [-0.05, 0) is 20.3 Å². The molecule has 1 saturated heterocycles.